The van der Waals surface area contributed by atoms with E-state index >= 15 is 0 Å². The molecule has 6 nitrogen and oxygen atoms in total. The van der Waals surface area contributed by atoms with E-state index in [1.807, 2.05) is 13.8 Å². The molecule has 0 radical (unpaired) electrons. The summed E-state index contributed by atoms with van der Waals surface area (Å²) in [5.74, 6) is 3.00. The van der Waals surface area contributed by atoms with Crippen LogP contribution >= 0.6 is 0 Å². The van der Waals surface area contributed by atoms with Crippen LogP contribution in [0.2, 0.25) is 0 Å². The van der Waals surface area contributed by atoms with Crippen molar-refractivity contribution in [1.82, 2.24) is 20.0 Å². The number of hydrogen-bond acceptors (Lipinski definition) is 6. The lowest BCUT2D eigenvalue weighted by molar-refractivity contribution is 0.0355. The lowest BCUT2D eigenvalue weighted by Gasteiger charge is -2.51. The first-order valence-corrected chi connectivity index (χ1v) is 10.4. The molecule has 2 aromatic heterocycles. The zero-order valence-corrected chi connectivity index (χ0v) is 16.4. The first-order chi connectivity index (χ1) is 13.7. The van der Waals surface area contributed by atoms with Gasteiger partial charge in [0, 0.05) is 24.5 Å². The monoisotopic (exact) mass is 375 g/mol. The molecule has 0 N–H and O–H groups in total. The highest BCUT2D eigenvalue weighted by molar-refractivity contribution is 5.88. The summed E-state index contributed by atoms with van der Waals surface area (Å²) in [6.45, 7) is 7.38. The van der Waals surface area contributed by atoms with E-state index in [4.69, 9.17) is 9.51 Å². The molecule has 0 unspecified atom stereocenters. The van der Waals surface area contributed by atoms with Gasteiger partial charge in [0.05, 0.1) is 5.69 Å². The lowest BCUT2D eigenvalue weighted by Crippen LogP contribution is -2.60. The molecule has 3 atom stereocenters. The van der Waals surface area contributed by atoms with Crippen LogP contribution in [-0.4, -0.2) is 51.7 Å². The molecule has 1 aromatic carbocycles. The zero-order valence-electron chi connectivity index (χ0n) is 16.4. The fourth-order valence-corrected chi connectivity index (χ4v) is 5.94. The van der Waals surface area contributed by atoms with Gasteiger partial charge in [-0.3, -0.25) is 4.90 Å². The maximum absolute atomic E-state index is 5.50. The van der Waals surface area contributed by atoms with Crippen LogP contribution in [0.15, 0.2) is 34.9 Å². The van der Waals surface area contributed by atoms with Gasteiger partial charge in [0.25, 0.3) is 5.71 Å². The number of hydrogen-bond donors (Lipinski definition) is 0. The normalized spacial score (nSPS) is 31.5. The standard InChI is InChI=1S/C22H25N5O/c1-13-18-21(23-14(2)24-22(18)28-25-13)27-12-17(15-6-4-3-5-7-15)20-19(27)16-8-10-26(20)11-9-16/h3-7,16-17,19-20H,8-12H2,1-2H3/t17-,19+,20+/m1/s1. The van der Waals surface area contributed by atoms with Crippen molar-refractivity contribution in [2.45, 2.75) is 44.7 Å². The minimum absolute atomic E-state index is 0.500. The number of nitrogens with zero attached hydrogens (tertiary/aromatic N) is 5. The van der Waals surface area contributed by atoms with Crippen molar-refractivity contribution in [3.63, 3.8) is 0 Å². The molecule has 0 aliphatic carbocycles. The fraction of sp³-hybridized carbons (Fsp3) is 0.500. The number of benzene rings is 1. The van der Waals surface area contributed by atoms with E-state index in [-0.39, 0.29) is 0 Å². The Balaban J connectivity index is 1.52. The van der Waals surface area contributed by atoms with Gasteiger partial charge in [0.1, 0.15) is 17.0 Å². The lowest BCUT2D eigenvalue weighted by atomic mass is 9.75. The Hall–Kier alpha value is -2.47. The van der Waals surface area contributed by atoms with E-state index in [0.717, 1.165) is 35.2 Å². The number of piperidine rings is 3. The van der Waals surface area contributed by atoms with Crippen molar-refractivity contribution >= 4 is 16.9 Å². The molecular formula is C22H25N5O. The van der Waals surface area contributed by atoms with Gasteiger partial charge in [-0.2, -0.15) is 4.98 Å². The average molecular weight is 375 g/mol. The number of anilines is 1. The highest BCUT2D eigenvalue weighted by atomic mass is 16.5. The zero-order chi connectivity index (χ0) is 18.8. The second kappa shape index (κ2) is 6.01. The van der Waals surface area contributed by atoms with Crippen molar-refractivity contribution in [1.29, 1.82) is 0 Å². The summed E-state index contributed by atoms with van der Waals surface area (Å²) < 4.78 is 5.50. The first-order valence-electron chi connectivity index (χ1n) is 10.4. The molecule has 28 heavy (non-hydrogen) atoms. The first kappa shape index (κ1) is 16.5. The van der Waals surface area contributed by atoms with Crippen molar-refractivity contribution in [3.8, 4) is 0 Å². The van der Waals surface area contributed by atoms with Crippen molar-refractivity contribution in [2.75, 3.05) is 24.5 Å². The van der Waals surface area contributed by atoms with E-state index in [0.29, 0.717) is 23.7 Å². The molecule has 6 heterocycles. The molecule has 4 aliphatic rings. The van der Waals surface area contributed by atoms with Gasteiger partial charge in [0.2, 0.25) is 0 Å². The summed E-state index contributed by atoms with van der Waals surface area (Å²) in [7, 11) is 0. The van der Waals surface area contributed by atoms with Crippen LogP contribution in [0.1, 0.15) is 35.8 Å². The van der Waals surface area contributed by atoms with E-state index in [1.165, 1.54) is 31.5 Å². The van der Waals surface area contributed by atoms with Gasteiger partial charge >= 0.3 is 0 Å². The van der Waals surface area contributed by atoms with Crippen LogP contribution in [0.3, 0.4) is 0 Å². The van der Waals surface area contributed by atoms with Crippen molar-refractivity contribution in [2.24, 2.45) is 5.92 Å². The fourth-order valence-electron chi connectivity index (χ4n) is 5.94. The number of rotatable bonds is 2. The Labute approximate surface area is 164 Å². The summed E-state index contributed by atoms with van der Waals surface area (Å²) in [4.78, 5) is 14.7. The highest BCUT2D eigenvalue weighted by Gasteiger charge is 2.54. The van der Waals surface area contributed by atoms with Gasteiger partial charge in [-0.1, -0.05) is 35.5 Å². The van der Waals surface area contributed by atoms with Crippen LogP contribution in [-0.2, 0) is 0 Å². The summed E-state index contributed by atoms with van der Waals surface area (Å²) in [6, 6.07) is 12.1. The maximum Gasteiger partial charge on any atom is 0.263 e. The molecule has 2 bridgehead atoms. The van der Waals surface area contributed by atoms with E-state index < -0.39 is 0 Å². The summed E-state index contributed by atoms with van der Waals surface area (Å²) >= 11 is 0. The SMILES string of the molecule is Cc1nc(N2C[C@H](c3ccccc3)[C@H]3[C@@H]2C2CCN3CC2)c2c(C)noc2n1. The summed E-state index contributed by atoms with van der Waals surface area (Å²) in [5, 5.41) is 5.16. The second-order valence-electron chi connectivity index (χ2n) is 8.57. The molecule has 0 spiro atoms. The van der Waals surface area contributed by atoms with Gasteiger partial charge in [-0.25, -0.2) is 4.98 Å². The van der Waals surface area contributed by atoms with E-state index in [2.05, 4.69) is 50.3 Å². The minimum Gasteiger partial charge on any atom is -0.350 e. The molecule has 7 rings (SSSR count). The molecule has 4 fully saturated rings. The Morgan fingerprint density at radius 2 is 1.79 bits per heavy atom. The molecule has 6 heteroatoms. The third-order valence-corrected chi connectivity index (χ3v) is 7.09. The van der Waals surface area contributed by atoms with Crippen molar-refractivity contribution in [3.05, 3.63) is 47.4 Å². The second-order valence-corrected chi connectivity index (χ2v) is 8.57. The van der Waals surface area contributed by atoms with Crippen LogP contribution in [0.25, 0.3) is 11.1 Å². The molecule has 4 saturated heterocycles. The van der Waals surface area contributed by atoms with E-state index in [9.17, 15) is 0 Å². The van der Waals surface area contributed by atoms with Gasteiger partial charge in [0.15, 0.2) is 0 Å². The molecule has 144 valence electrons. The predicted octanol–water partition coefficient (Wildman–Crippen LogP) is 3.30. The Morgan fingerprint density at radius 1 is 1.00 bits per heavy atom. The average Bonchev–Trinajstić information content (AvgIpc) is 3.32. The van der Waals surface area contributed by atoms with Crippen LogP contribution in [0.4, 0.5) is 5.82 Å². The Bertz CT molecular complexity index is 1020. The van der Waals surface area contributed by atoms with Crippen LogP contribution in [0, 0.1) is 19.8 Å². The molecule has 0 saturated carbocycles. The largest absolute Gasteiger partial charge is 0.350 e. The molecule has 3 aromatic rings. The molecular weight excluding hydrogens is 350 g/mol. The summed E-state index contributed by atoms with van der Waals surface area (Å²) in [5.41, 5.74) is 2.93. The smallest absolute Gasteiger partial charge is 0.263 e. The van der Waals surface area contributed by atoms with Crippen LogP contribution < -0.4 is 4.90 Å². The third kappa shape index (κ3) is 2.27. The highest BCUT2D eigenvalue weighted by Crippen LogP contribution is 2.48. The minimum atomic E-state index is 0.500. The Kier molecular flexibility index (Phi) is 3.54. The number of aryl methyl sites for hydroxylation is 2. The number of fused-ring (bicyclic) bond motifs is 3. The van der Waals surface area contributed by atoms with Crippen LogP contribution in [0.5, 0.6) is 0 Å². The predicted molar refractivity (Wildman–Crippen MR) is 107 cm³/mol. The van der Waals surface area contributed by atoms with Gasteiger partial charge < -0.3 is 9.42 Å². The third-order valence-electron chi connectivity index (χ3n) is 7.09. The van der Waals surface area contributed by atoms with Gasteiger partial charge in [-0.15, -0.1) is 0 Å². The van der Waals surface area contributed by atoms with Crippen molar-refractivity contribution < 1.29 is 4.52 Å². The summed E-state index contributed by atoms with van der Waals surface area (Å²) in [6.07, 6.45) is 2.57. The van der Waals surface area contributed by atoms with Gasteiger partial charge in [-0.05, 0) is 51.3 Å². The molecule has 4 aliphatic heterocycles. The Morgan fingerprint density at radius 3 is 2.57 bits per heavy atom. The topological polar surface area (TPSA) is 58.3 Å². The number of aromatic nitrogens is 3. The molecule has 0 amide bonds. The quantitative estimate of drug-likeness (QED) is 0.685. The maximum atomic E-state index is 5.50. The van der Waals surface area contributed by atoms with E-state index in [1.54, 1.807) is 0 Å².